The van der Waals surface area contributed by atoms with Gasteiger partial charge in [-0.25, -0.2) is 0 Å². The van der Waals surface area contributed by atoms with Crippen LogP contribution in [-0.4, -0.2) is 6.79 Å². The number of hydrogen-bond donors (Lipinski definition) is 0. The zero-order valence-corrected chi connectivity index (χ0v) is 11.1. The van der Waals surface area contributed by atoms with Crippen LogP contribution in [0.25, 0.3) is 0 Å². The molecule has 0 aromatic heterocycles. The van der Waals surface area contributed by atoms with Crippen LogP contribution in [0.1, 0.15) is 5.56 Å². The second-order valence-electron chi connectivity index (χ2n) is 3.84. The van der Waals surface area contributed by atoms with Crippen LogP contribution >= 0.6 is 15.9 Å². The molecule has 4 heteroatoms. The van der Waals surface area contributed by atoms with Crippen LogP contribution in [0.3, 0.4) is 0 Å². The number of para-hydroxylation sites is 1. The van der Waals surface area contributed by atoms with Crippen molar-refractivity contribution in [3.63, 3.8) is 0 Å². The van der Waals surface area contributed by atoms with Crippen LogP contribution in [0.5, 0.6) is 23.0 Å². The molecule has 0 saturated carbocycles. The molecule has 0 radical (unpaired) electrons. The van der Waals surface area contributed by atoms with Crippen LogP contribution in [0.4, 0.5) is 0 Å². The number of hydrogen-bond acceptors (Lipinski definition) is 3. The first-order valence-corrected chi connectivity index (χ1v) is 6.71. The summed E-state index contributed by atoms with van der Waals surface area (Å²) >= 11 is 3.45. The van der Waals surface area contributed by atoms with Crippen molar-refractivity contribution in [2.24, 2.45) is 0 Å². The van der Waals surface area contributed by atoms with E-state index in [1.165, 1.54) is 0 Å². The monoisotopic (exact) mass is 306 g/mol. The SMILES string of the molecule is BrCc1ccc2c(c1Oc1ccccc1)OCO2. The Labute approximate surface area is 113 Å². The van der Waals surface area contributed by atoms with Gasteiger partial charge >= 0.3 is 0 Å². The Morgan fingerprint density at radius 1 is 1.06 bits per heavy atom. The molecule has 18 heavy (non-hydrogen) atoms. The normalized spacial score (nSPS) is 12.5. The molecule has 92 valence electrons. The highest BCUT2D eigenvalue weighted by Gasteiger charge is 2.22. The fourth-order valence-corrected chi connectivity index (χ4v) is 2.25. The maximum absolute atomic E-state index is 5.91. The van der Waals surface area contributed by atoms with Crippen molar-refractivity contribution in [3.8, 4) is 23.0 Å². The molecule has 3 nitrogen and oxygen atoms in total. The van der Waals surface area contributed by atoms with Gasteiger partial charge in [0.05, 0.1) is 0 Å². The number of ether oxygens (including phenoxy) is 3. The molecule has 0 unspecified atom stereocenters. The summed E-state index contributed by atoms with van der Waals surface area (Å²) in [6.07, 6.45) is 0. The maximum Gasteiger partial charge on any atom is 0.231 e. The minimum atomic E-state index is 0.242. The van der Waals surface area contributed by atoms with Gasteiger partial charge in [0.25, 0.3) is 0 Å². The van der Waals surface area contributed by atoms with Crippen molar-refractivity contribution in [1.82, 2.24) is 0 Å². The summed E-state index contributed by atoms with van der Waals surface area (Å²) in [6.45, 7) is 0.242. The van der Waals surface area contributed by atoms with E-state index in [9.17, 15) is 0 Å². The van der Waals surface area contributed by atoms with Gasteiger partial charge in [0.2, 0.25) is 12.5 Å². The zero-order valence-electron chi connectivity index (χ0n) is 9.56. The van der Waals surface area contributed by atoms with E-state index in [0.717, 1.165) is 17.1 Å². The lowest BCUT2D eigenvalue weighted by Gasteiger charge is -2.12. The Bertz CT molecular complexity index is 554. The molecule has 0 spiro atoms. The molecule has 1 heterocycles. The minimum absolute atomic E-state index is 0.242. The van der Waals surface area contributed by atoms with Gasteiger partial charge in [-0.05, 0) is 18.2 Å². The Hall–Kier alpha value is -1.68. The summed E-state index contributed by atoms with van der Waals surface area (Å²) in [4.78, 5) is 0. The van der Waals surface area contributed by atoms with Crippen LogP contribution in [-0.2, 0) is 5.33 Å². The van der Waals surface area contributed by atoms with Gasteiger partial charge in [-0.2, -0.15) is 0 Å². The van der Waals surface area contributed by atoms with Crippen LogP contribution < -0.4 is 14.2 Å². The quantitative estimate of drug-likeness (QED) is 0.799. The van der Waals surface area contributed by atoms with Gasteiger partial charge in [-0.1, -0.05) is 40.2 Å². The molecule has 1 aliphatic heterocycles. The molecule has 0 fully saturated rings. The molecule has 0 N–H and O–H groups in total. The van der Waals surface area contributed by atoms with E-state index < -0.39 is 0 Å². The third kappa shape index (κ3) is 2.04. The van der Waals surface area contributed by atoms with Gasteiger partial charge in [0.1, 0.15) is 5.75 Å². The van der Waals surface area contributed by atoms with Gasteiger partial charge in [0.15, 0.2) is 11.5 Å². The molecule has 3 rings (SSSR count). The summed E-state index contributed by atoms with van der Waals surface area (Å²) < 4.78 is 16.7. The third-order valence-electron chi connectivity index (χ3n) is 2.68. The average molecular weight is 307 g/mol. The molecular formula is C14H11BrO3. The number of halogens is 1. The van der Waals surface area contributed by atoms with E-state index in [-0.39, 0.29) is 6.79 Å². The largest absolute Gasteiger partial charge is 0.453 e. The summed E-state index contributed by atoms with van der Waals surface area (Å²) in [5.74, 6) is 2.90. The Balaban J connectivity index is 2.02. The molecule has 1 aliphatic rings. The van der Waals surface area contributed by atoms with Crippen molar-refractivity contribution < 1.29 is 14.2 Å². The highest BCUT2D eigenvalue weighted by molar-refractivity contribution is 9.08. The van der Waals surface area contributed by atoms with Gasteiger partial charge in [-0.15, -0.1) is 0 Å². The lowest BCUT2D eigenvalue weighted by molar-refractivity contribution is 0.171. The fraction of sp³-hybridized carbons (Fsp3) is 0.143. The van der Waals surface area contributed by atoms with Gasteiger partial charge in [0, 0.05) is 10.9 Å². The maximum atomic E-state index is 5.91. The topological polar surface area (TPSA) is 27.7 Å². The summed E-state index contributed by atoms with van der Waals surface area (Å²) in [5.41, 5.74) is 1.03. The number of fused-ring (bicyclic) bond motifs is 1. The Morgan fingerprint density at radius 3 is 2.67 bits per heavy atom. The smallest absolute Gasteiger partial charge is 0.231 e. The Morgan fingerprint density at radius 2 is 1.89 bits per heavy atom. The van der Waals surface area contributed by atoms with Gasteiger partial charge in [-0.3, -0.25) is 0 Å². The van der Waals surface area contributed by atoms with Crippen LogP contribution in [0, 0.1) is 0 Å². The first-order valence-electron chi connectivity index (χ1n) is 5.59. The average Bonchev–Trinajstić information content (AvgIpc) is 2.89. The van der Waals surface area contributed by atoms with E-state index in [4.69, 9.17) is 14.2 Å². The lowest BCUT2D eigenvalue weighted by atomic mass is 10.2. The molecule has 0 aliphatic carbocycles. The highest BCUT2D eigenvalue weighted by atomic mass is 79.9. The summed E-state index contributed by atoms with van der Waals surface area (Å²) in [6, 6.07) is 13.5. The van der Waals surface area contributed by atoms with E-state index in [1.807, 2.05) is 42.5 Å². The van der Waals surface area contributed by atoms with Crippen LogP contribution in [0.2, 0.25) is 0 Å². The van der Waals surface area contributed by atoms with Crippen molar-refractivity contribution in [3.05, 3.63) is 48.0 Å². The first kappa shape index (κ1) is 11.4. The fourth-order valence-electron chi connectivity index (χ4n) is 1.81. The highest BCUT2D eigenvalue weighted by Crippen LogP contribution is 2.45. The first-order chi connectivity index (χ1) is 8.88. The molecule has 2 aromatic rings. The molecule has 0 atom stereocenters. The molecule has 0 saturated heterocycles. The van der Waals surface area contributed by atoms with E-state index in [1.54, 1.807) is 0 Å². The molecule has 0 amide bonds. The molecular weight excluding hydrogens is 296 g/mol. The van der Waals surface area contributed by atoms with E-state index in [2.05, 4.69) is 15.9 Å². The minimum Gasteiger partial charge on any atom is -0.453 e. The van der Waals surface area contributed by atoms with E-state index in [0.29, 0.717) is 16.8 Å². The standard InChI is InChI=1S/C14H11BrO3/c15-8-10-6-7-12-14(17-9-16-12)13(10)18-11-4-2-1-3-5-11/h1-7H,8-9H2. The second kappa shape index (κ2) is 4.90. The summed E-state index contributed by atoms with van der Waals surface area (Å²) in [7, 11) is 0. The van der Waals surface area contributed by atoms with Crippen molar-refractivity contribution >= 4 is 15.9 Å². The molecule has 0 bridgehead atoms. The Kier molecular flexibility index (Phi) is 3.11. The summed E-state index contributed by atoms with van der Waals surface area (Å²) in [5, 5.41) is 0.700. The second-order valence-corrected chi connectivity index (χ2v) is 4.40. The predicted octanol–water partition coefficient (Wildman–Crippen LogP) is 4.10. The van der Waals surface area contributed by atoms with Crippen molar-refractivity contribution in [2.45, 2.75) is 5.33 Å². The molecule has 2 aromatic carbocycles. The number of benzene rings is 2. The number of rotatable bonds is 3. The van der Waals surface area contributed by atoms with Crippen molar-refractivity contribution in [1.29, 1.82) is 0 Å². The van der Waals surface area contributed by atoms with Crippen molar-refractivity contribution in [2.75, 3.05) is 6.79 Å². The van der Waals surface area contributed by atoms with Crippen LogP contribution in [0.15, 0.2) is 42.5 Å². The van der Waals surface area contributed by atoms with Gasteiger partial charge < -0.3 is 14.2 Å². The zero-order chi connectivity index (χ0) is 12.4. The lowest BCUT2D eigenvalue weighted by Crippen LogP contribution is -1.95. The third-order valence-corrected chi connectivity index (χ3v) is 3.29. The predicted molar refractivity (Wildman–Crippen MR) is 71.7 cm³/mol. The number of alkyl halides is 1. The van der Waals surface area contributed by atoms with E-state index >= 15 is 0 Å².